The maximum absolute atomic E-state index is 12.7. The summed E-state index contributed by atoms with van der Waals surface area (Å²) in [5.74, 6) is 1.35. The van der Waals surface area contributed by atoms with Crippen molar-refractivity contribution in [2.45, 2.75) is 20.8 Å². The van der Waals surface area contributed by atoms with Gasteiger partial charge in [-0.05, 0) is 26.8 Å². The Bertz CT molecular complexity index is 722. The largest absolute Gasteiger partial charge is 0.472 e. The molecular formula is C17H20N2O4. The first kappa shape index (κ1) is 15.4. The zero-order valence-corrected chi connectivity index (χ0v) is 13.6. The van der Waals surface area contributed by atoms with Gasteiger partial charge in [0.25, 0.3) is 11.8 Å². The highest BCUT2D eigenvalue weighted by Crippen LogP contribution is 2.23. The predicted molar refractivity (Wildman–Crippen MR) is 83.4 cm³/mol. The second-order valence-electron chi connectivity index (χ2n) is 5.81. The fourth-order valence-corrected chi connectivity index (χ4v) is 2.95. The summed E-state index contributed by atoms with van der Waals surface area (Å²) >= 11 is 0. The standard InChI is InChI=1S/C17H20N2O4/c1-11-12(2)23-13(3)15(11)17(21)19-7-5-18(6-8-19)16(20)14-4-9-22-10-14/h4,9-10H,5-8H2,1-3H3. The molecule has 0 saturated carbocycles. The monoisotopic (exact) mass is 316 g/mol. The molecule has 122 valence electrons. The van der Waals surface area contributed by atoms with Gasteiger partial charge in [0.05, 0.1) is 17.4 Å². The van der Waals surface area contributed by atoms with Crippen LogP contribution in [-0.2, 0) is 0 Å². The fourth-order valence-electron chi connectivity index (χ4n) is 2.95. The van der Waals surface area contributed by atoms with Gasteiger partial charge in [-0.1, -0.05) is 0 Å². The van der Waals surface area contributed by atoms with Gasteiger partial charge < -0.3 is 18.6 Å². The molecule has 6 nitrogen and oxygen atoms in total. The van der Waals surface area contributed by atoms with Gasteiger partial charge >= 0.3 is 0 Å². The second kappa shape index (κ2) is 5.95. The second-order valence-corrected chi connectivity index (χ2v) is 5.81. The number of furan rings is 2. The van der Waals surface area contributed by atoms with E-state index in [1.807, 2.05) is 20.8 Å². The number of aryl methyl sites for hydroxylation is 2. The van der Waals surface area contributed by atoms with Crippen LogP contribution in [0.4, 0.5) is 0 Å². The summed E-state index contributed by atoms with van der Waals surface area (Å²) < 4.78 is 10.5. The highest BCUT2D eigenvalue weighted by Gasteiger charge is 2.28. The van der Waals surface area contributed by atoms with E-state index < -0.39 is 0 Å². The summed E-state index contributed by atoms with van der Waals surface area (Å²) in [6.07, 6.45) is 2.93. The average molecular weight is 316 g/mol. The van der Waals surface area contributed by atoms with Crippen molar-refractivity contribution in [1.29, 1.82) is 0 Å². The van der Waals surface area contributed by atoms with Crippen LogP contribution >= 0.6 is 0 Å². The zero-order valence-electron chi connectivity index (χ0n) is 13.6. The highest BCUT2D eigenvalue weighted by molar-refractivity contribution is 5.97. The Morgan fingerprint density at radius 1 is 0.957 bits per heavy atom. The van der Waals surface area contributed by atoms with E-state index >= 15 is 0 Å². The van der Waals surface area contributed by atoms with Crippen molar-refractivity contribution in [3.63, 3.8) is 0 Å². The Morgan fingerprint density at radius 3 is 2.04 bits per heavy atom. The van der Waals surface area contributed by atoms with Gasteiger partial charge in [-0.15, -0.1) is 0 Å². The number of carbonyl (C=O) groups is 2. The van der Waals surface area contributed by atoms with Crippen molar-refractivity contribution in [2.75, 3.05) is 26.2 Å². The first-order valence-electron chi connectivity index (χ1n) is 7.66. The minimum absolute atomic E-state index is 0.0211. The van der Waals surface area contributed by atoms with Crippen LogP contribution < -0.4 is 0 Å². The van der Waals surface area contributed by atoms with E-state index in [2.05, 4.69) is 0 Å². The number of nitrogens with zero attached hydrogens (tertiary/aromatic N) is 2. The normalized spacial score (nSPS) is 15.1. The molecule has 3 rings (SSSR count). The molecular weight excluding hydrogens is 296 g/mol. The van der Waals surface area contributed by atoms with Crippen molar-refractivity contribution in [1.82, 2.24) is 9.80 Å². The van der Waals surface area contributed by atoms with Crippen LogP contribution in [0.2, 0.25) is 0 Å². The van der Waals surface area contributed by atoms with Gasteiger partial charge in [-0.2, -0.15) is 0 Å². The lowest BCUT2D eigenvalue weighted by Gasteiger charge is -2.34. The van der Waals surface area contributed by atoms with Crippen LogP contribution in [0.25, 0.3) is 0 Å². The molecule has 23 heavy (non-hydrogen) atoms. The molecule has 6 heteroatoms. The third-order valence-corrected chi connectivity index (χ3v) is 4.40. The molecule has 0 atom stereocenters. The maximum Gasteiger partial charge on any atom is 0.257 e. The first-order chi connectivity index (χ1) is 11.0. The van der Waals surface area contributed by atoms with Crippen LogP contribution in [0, 0.1) is 20.8 Å². The van der Waals surface area contributed by atoms with Crippen molar-refractivity contribution in [3.05, 3.63) is 46.8 Å². The smallest absolute Gasteiger partial charge is 0.257 e. The fraction of sp³-hybridized carbons (Fsp3) is 0.412. The van der Waals surface area contributed by atoms with E-state index in [1.165, 1.54) is 12.5 Å². The molecule has 1 fully saturated rings. The molecule has 0 radical (unpaired) electrons. The molecule has 0 unspecified atom stereocenters. The lowest BCUT2D eigenvalue weighted by Crippen LogP contribution is -2.50. The summed E-state index contributed by atoms with van der Waals surface area (Å²) in [4.78, 5) is 28.5. The molecule has 0 N–H and O–H groups in total. The molecule has 0 aliphatic carbocycles. The number of piperazine rings is 1. The van der Waals surface area contributed by atoms with Crippen LogP contribution in [0.3, 0.4) is 0 Å². The number of hydrogen-bond acceptors (Lipinski definition) is 4. The minimum atomic E-state index is -0.0580. The summed E-state index contributed by atoms with van der Waals surface area (Å²) in [6.45, 7) is 7.65. The van der Waals surface area contributed by atoms with Gasteiger partial charge in [0, 0.05) is 31.7 Å². The quantitative estimate of drug-likeness (QED) is 0.853. The van der Waals surface area contributed by atoms with E-state index in [0.29, 0.717) is 43.1 Å². The third kappa shape index (κ3) is 2.76. The molecule has 0 spiro atoms. The van der Waals surface area contributed by atoms with Crippen molar-refractivity contribution < 1.29 is 18.4 Å². The zero-order chi connectivity index (χ0) is 16.6. The van der Waals surface area contributed by atoms with Crippen LogP contribution in [0.1, 0.15) is 37.8 Å². The first-order valence-corrected chi connectivity index (χ1v) is 7.66. The Hall–Kier alpha value is -2.50. The number of rotatable bonds is 2. The molecule has 2 amide bonds. The highest BCUT2D eigenvalue weighted by atomic mass is 16.3. The summed E-state index contributed by atoms with van der Waals surface area (Å²) in [7, 11) is 0. The van der Waals surface area contributed by atoms with Gasteiger partial charge in [-0.3, -0.25) is 9.59 Å². The van der Waals surface area contributed by atoms with Crippen molar-refractivity contribution >= 4 is 11.8 Å². The average Bonchev–Trinajstić information content (AvgIpc) is 3.16. The van der Waals surface area contributed by atoms with E-state index in [4.69, 9.17) is 8.83 Å². The number of carbonyl (C=O) groups excluding carboxylic acids is 2. The lowest BCUT2D eigenvalue weighted by molar-refractivity contribution is 0.0533. The Balaban J connectivity index is 1.67. The third-order valence-electron chi connectivity index (χ3n) is 4.40. The van der Waals surface area contributed by atoms with Crippen molar-refractivity contribution in [2.24, 2.45) is 0 Å². The molecule has 3 heterocycles. The van der Waals surface area contributed by atoms with E-state index in [-0.39, 0.29) is 11.8 Å². The maximum atomic E-state index is 12.7. The SMILES string of the molecule is Cc1oc(C)c(C(=O)N2CCN(C(=O)c3ccoc3)CC2)c1C. The molecule has 1 aliphatic rings. The lowest BCUT2D eigenvalue weighted by atomic mass is 10.1. The van der Waals surface area contributed by atoms with E-state index in [9.17, 15) is 9.59 Å². The van der Waals surface area contributed by atoms with Gasteiger partial charge in [-0.25, -0.2) is 0 Å². The molecule has 1 aliphatic heterocycles. The molecule has 0 bridgehead atoms. The number of hydrogen-bond donors (Lipinski definition) is 0. The Labute approximate surface area is 134 Å². The van der Waals surface area contributed by atoms with E-state index in [1.54, 1.807) is 15.9 Å². The van der Waals surface area contributed by atoms with Crippen molar-refractivity contribution in [3.8, 4) is 0 Å². The van der Waals surface area contributed by atoms with Crippen LogP contribution in [-0.4, -0.2) is 47.8 Å². The number of amides is 2. The van der Waals surface area contributed by atoms with Gasteiger partial charge in [0.2, 0.25) is 0 Å². The molecule has 2 aromatic heterocycles. The Kier molecular flexibility index (Phi) is 3.98. The van der Waals surface area contributed by atoms with E-state index in [0.717, 1.165) is 11.3 Å². The van der Waals surface area contributed by atoms with Crippen LogP contribution in [0.15, 0.2) is 27.4 Å². The van der Waals surface area contributed by atoms with Gasteiger partial charge in [0.1, 0.15) is 17.8 Å². The molecule has 2 aromatic rings. The van der Waals surface area contributed by atoms with Gasteiger partial charge in [0.15, 0.2) is 0 Å². The summed E-state index contributed by atoms with van der Waals surface area (Å²) in [5.41, 5.74) is 2.09. The van der Waals surface area contributed by atoms with Crippen LogP contribution in [0.5, 0.6) is 0 Å². The molecule has 1 saturated heterocycles. The molecule has 0 aromatic carbocycles. The summed E-state index contributed by atoms with van der Waals surface area (Å²) in [5, 5.41) is 0. The minimum Gasteiger partial charge on any atom is -0.472 e. The predicted octanol–water partition coefficient (Wildman–Crippen LogP) is 2.40. The summed E-state index contributed by atoms with van der Waals surface area (Å²) in [6, 6.07) is 1.65. The Morgan fingerprint density at radius 2 is 1.57 bits per heavy atom. The topological polar surface area (TPSA) is 66.9 Å².